The fraction of sp³-hybridized carbons (Fsp3) is 0.346. The summed E-state index contributed by atoms with van der Waals surface area (Å²) in [4.78, 5) is 13.1. The Balaban J connectivity index is 2.22. The van der Waals surface area contributed by atoms with E-state index in [1.165, 1.54) is 5.54 Å². The maximum absolute atomic E-state index is 13.1. The Bertz CT molecular complexity index is 881. The van der Waals surface area contributed by atoms with E-state index in [4.69, 9.17) is 27.5 Å². The number of hydrogen-bond donors (Lipinski definition) is 0. The molecule has 0 spiro atoms. The van der Waals surface area contributed by atoms with Crippen LogP contribution in [0.5, 0.6) is 11.5 Å². The second kappa shape index (κ2) is 11.5. The Hall–Kier alpha value is -2.70. The van der Waals surface area contributed by atoms with Gasteiger partial charge < -0.3 is 9.47 Å². The highest BCUT2D eigenvalue weighted by Crippen LogP contribution is 2.33. The van der Waals surface area contributed by atoms with Crippen molar-refractivity contribution in [2.75, 3.05) is 0 Å². The quantitative estimate of drug-likeness (QED) is 0.321. The monoisotopic (exact) mass is 424 g/mol. The highest BCUT2D eigenvalue weighted by molar-refractivity contribution is 6.25. The maximum atomic E-state index is 13.1. The third-order valence-corrected chi connectivity index (χ3v) is 5.14. The van der Waals surface area contributed by atoms with Crippen molar-refractivity contribution < 1.29 is 14.3 Å². The molecule has 4 heteroatoms. The van der Waals surface area contributed by atoms with E-state index in [0.717, 1.165) is 5.75 Å². The molecule has 0 aliphatic rings. The molecule has 3 unspecified atom stereocenters. The molecular weight excluding hydrogens is 396 g/mol. The van der Waals surface area contributed by atoms with Gasteiger partial charge in [-0.1, -0.05) is 81.6 Å². The van der Waals surface area contributed by atoms with Crippen LogP contribution in [0.15, 0.2) is 66.2 Å². The lowest BCUT2D eigenvalue weighted by molar-refractivity contribution is -0.155. The smallest absolute Gasteiger partial charge is 0.311 e. The fourth-order valence-corrected chi connectivity index (χ4v) is 3.64. The number of esters is 1. The highest BCUT2D eigenvalue weighted by atomic mass is 35.5. The summed E-state index contributed by atoms with van der Waals surface area (Å²) in [5, 5.41) is 0. The first-order valence-corrected chi connectivity index (χ1v) is 10.6. The molecule has 158 valence electrons. The number of ether oxygens (including phenoxy) is 2. The van der Waals surface area contributed by atoms with Gasteiger partial charge in [-0.25, -0.2) is 0 Å². The van der Waals surface area contributed by atoms with Crippen LogP contribution >= 0.6 is 11.6 Å². The molecule has 0 heterocycles. The Morgan fingerprint density at radius 2 is 1.67 bits per heavy atom. The van der Waals surface area contributed by atoms with Crippen LogP contribution in [0.1, 0.15) is 39.4 Å². The normalized spacial score (nSPS) is 14.3. The van der Waals surface area contributed by atoms with Gasteiger partial charge in [0, 0.05) is 11.1 Å². The summed E-state index contributed by atoms with van der Waals surface area (Å²) < 4.78 is 11.7. The van der Waals surface area contributed by atoms with Crippen molar-refractivity contribution in [3.05, 3.63) is 71.8 Å². The number of rotatable bonds is 9. The first kappa shape index (κ1) is 23.6. The average Bonchev–Trinajstić information content (AvgIpc) is 2.72. The van der Waals surface area contributed by atoms with Crippen LogP contribution in [0.25, 0.3) is 0 Å². The zero-order valence-corrected chi connectivity index (χ0v) is 18.7. The van der Waals surface area contributed by atoms with Crippen LogP contribution in [0.3, 0.4) is 0 Å². The minimum Gasteiger partial charge on any atom is -0.457 e. The standard InChI is InChI=1S/C26H29ClO3/c1-6-24(30-26(28)25(19(4)5)23(15-16-27)18(2)3)20-11-10-14-22(17-20)29-21-12-8-7-9-13-21/h1,7-19,23-25H,2-5H3. The number of carbonyl (C=O) groups excluding carboxylic acids is 1. The molecule has 0 bridgehead atoms. The van der Waals surface area contributed by atoms with Crippen molar-refractivity contribution in [3.63, 3.8) is 0 Å². The highest BCUT2D eigenvalue weighted by Gasteiger charge is 2.34. The largest absolute Gasteiger partial charge is 0.457 e. The number of hydrogen-bond acceptors (Lipinski definition) is 3. The van der Waals surface area contributed by atoms with E-state index in [1.54, 1.807) is 6.07 Å². The Morgan fingerprint density at radius 3 is 2.23 bits per heavy atom. The van der Waals surface area contributed by atoms with E-state index in [0.29, 0.717) is 11.3 Å². The van der Waals surface area contributed by atoms with Crippen molar-refractivity contribution in [1.29, 1.82) is 0 Å². The van der Waals surface area contributed by atoms with E-state index in [9.17, 15) is 4.79 Å². The lowest BCUT2D eigenvalue weighted by atomic mass is 9.77. The van der Waals surface area contributed by atoms with Gasteiger partial charge >= 0.3 is 5.97 Å². The molecule has 0 saturated heterocycles. The summed E-state index contributed by atoms with van der Waals surface area (Å²) in [5.41, 5.74) is 2.16. The molecule has 2 rings (SSSR count). The number of terminal acetylenes is 1. The summed E-state index contributed by atoms with van der Waals surface area (Å²) in [7, 11) is 0. The minimum absolute atomic E-state index is 0.0406. The number of para-hydroxylation sites is 1. The first-order chi connectivity index (χ1) is 14.4. The van der Waals surface area contributed by atoms with Crippen LogP contribution in [-0.2, 0) is 9.53 Å². The van der Waals surface area contributed by atoms with E-state index >= 15 is 0 Å². The lowest BCUT2D eigenvalue weighted by Crippen LogP contribution is -2.32. The third-order valence-electron chi connectivity index (χ3n) is 4.99. The Kier molecular flexibility index (Phi) is 9.02. The van der Waals surface area contributed by atoms with Crippen LogP contribution in [0.4, 0.5) is 0 Å². The van der Waals surface area contributed by atoms with Crippen molar-refractivity contribution in [1.82, 2.24) is 0 Å². The molecule has 3 atom stereocenters. The molecule has 2 aromatic carbocycles. The van der Waals surface area contributed by atoms with E-state index < -0.39 is 6.10 Å². The molecule has 0 amide bonds. The van der Waals surface area contributed by atoms with Crippen molar-refractivity contribution >= 4 is 17.6 Å². The average molecular weight is 425 g/mol. The Labute approximate surface area is 185 Å². The zero-order valence-electron chi connectivity index (χ0n) is 17.9. The molecule has 0 saturated carbocycles. The molecule has 0 fully saturated rings. The van der Waals surface area contributed by atoms with E-state index in [-0.39, 0.29) is 29.6 Å². The van der Waals surface area contributed by atoms with Crippen LogP contribution < -0.4 is 4.74 Å². The topological polar surface area (TPSA) is 35.5 Å². The maximum Gasteiger partial charge on any atom is 0.311 e. The number of carbonyl (C=O) groups is 1. The SMILES string of the molecule is C#CC(OC(=O)C(C(C)C)C(C=CCl)C(C)C)c1cccc(Oc2ccccc2)c1. The molecule has 0 aliphatic heterocycles. The van der Waals surface area contributed by atoms with Crippen LogP contribution in [0, 0.1) is 36.0 Å². The number of allylic oxidation sites excluding steroid dienone is 1. The van der Waals surface area contributed by atoms with E-state index in [1.807, 2.05) is 68.5 Å². The molecular formula is C26H29ClO3. The van der Waals surface area contributed by atoms with Crippen molar-refractivity contribution in [2.45, 2.75) is 33.8 Å². The van der Waals surface area contributed by atoms with Gasteiger partial charge in [-0.2, -0.15) is 0 Å². The van der Waals surface area contributed by atoms with Crippen LogP contribution in [-0.4, -0.2) is 5.97 Å². The summed E-state index contributed by atoms with van der Waals surface area (Å²) >= 11 is 5.83. The van der Waals surface area contributed by atoms with Gasteiger partial charge in [0.15, 0.2) is 6.10 Å². The summed E-state index contributed by atoms with van der Waals surface area (Å²) in [6.07, 6.45) is 6.78. The van der Waals surface area contributed by atoms with Gasteiger partial charge in [-0.3, -0.25) is 4.79 Å². The molecule has 0 N–H and O–H groups in total. The second-order valence-corrected chi connectivity index (χ2v) is 8.13. The molecule has 2 aromatic rings. The first-order valence-electron chi connectivity index (χ1n) is 10.1. The van der Waals surface area contributed by atoms with Crippen molar-refractivity contribution in [3.8, 4) is 23.8 Å². The number of halogens is 1. The predicted octanol–water partition coefficient (Wildman–Crippen LogP) is 6.99. The fourth-order valence-electron chi connectivity index (χ4n) is 3.47. The molecule has 30 heavy (non-hydrogen) atoms. The summed E-state index contributed by atoms with van der Waals surface area (Å²) in [6.45, 7) is 8.13. The second-order valence-electron chi connectivity index (χ2n) is 7.88. The lowest BCUT2D eigenvalue weighted by Gasteiger charge is -2.30. The van der Waals surface area contributed by atoms with Gasteiger partial charge in [0.1, 0.15) is 11.5 Å². The molecule has 0 aromatic heterocycles. The summed E-state index contributed by atoms with van der Waals surface area (Å²) in [5.74, 6) is 3.53. The summed E-state index contributed by atoms with van der Waals surface area (Å²) in [6, 6.07) is 16.8. The Morgan fingerprint density at radius 1 is 1.00 bits per heavy atom. The minimum atomic E-state index is -0.800. The van der Waals surface area contributed by atoms with Gasteiger partial charge in [0.2, 0.25) is 0 Å². The molecule has 3 nitrogen and oxygen atoms in total. The van der Waals surface area contributed by atoms with Gasteiger partial charge in [0.05, 0.1) is 5.92 Å². The molecule has 0 radical (unpaired) electrons. The number of benzene rings is 2. The zero-order chi connectivity index (χ0) is 22.1. The van der Waals surface area contributed by atoms with Crippen molar-refractivity contribution in [2.24, 2.45) is 23.7 Å². The molecule has 0 aliphatic carbocycles. The van der Waals surface area contributed by atoms with Gasteiger partial charge in [-0.05, 0) is 42.0 Å². The van der Waals surface area contributed by atoms with Gasteiger partial charge in [-0.15, -0.1) is 6.42 Å². The van der Waals surface area contributed by atoms with Crippen LogP contribution in [0.2, 0.25) is 0 Å². The van der Waals surface area contributed by atoms with Gasteiger partial charge in [0.25, 0.3) is 0 Å². The predicted molar refractivity (Wildman–Crippen MR) is 122 cm³/mol. The van der Waals surface area contributed by atoms with E-state index in [2.05, 4.69) is 19.8 Å². The third kappa shape index (κ3) is 6.40.